The van der Waals surface area contributed by atoms with Crippen molar-refractivity contribution in [3.8, 4) is 0 Å². The first kappa shape index (κ1) is 19.1. The van der Waals surface area contributed by atoms with Crippen LogP contribution in [0.1, 0.15) is 30.9 Å². The van der Waals surface area contributed by atoms with Crippen molar-refractivity contribution in [3.05, 3.63) is 87.6 Å². The second-order valence-corrected chi connectivity index (χ2v) is 8.02. The number of allylic oxidation sites excluding steroid dienone is 3. The van der Waals surface area contributed by atoms with Gasteiger partial charge in [-0.3, -0.25) is 0 Å². The van der Waals surface area contributed by atoms with Crippen LogP contribution in [0.2, 0.25) is 0 Å². The van der Waals surface area contributed by atoms with Gasteiger partial charge < -0.3 is 10.1 Å². The summed E-state index contributed by atoms with van der Waals surface area (Å²) < 4.78 is 18.5. The normalized spacial score (nSPS) is 18.1. The maximum atomic E-state index is 13.5. The molecule has 2 aromatic carbocycles. The summed E-state index contributed by atoms with van der Waals surface area (Å²) in [4.78, 5) is 14.0. The fraction of sp³-hybridized carbons (Fsp3) is 0.227. The van der Waals surface area contributed by atoms with Gasteiger partial charge in [0.05, 0.1) is 34.3 Å². The molecule has 27 heavy (non-hydrogen) atoms. The van der Waals surface area contributed by atoms with Crippen LogP contribution < -0.4 is 5.32 Å². The number of nitrogens with one attached hydrogen (secondary N) is 1. The molecule has 5 heteroatoms. The van der Waals surface area contributed by atoms with Gasteiger partial charge in [-0.15, -0.1) is 0 Å². The van der Waals surface area contributed by atoms with Gasteiger partial charge >= 0.3 is 5.97 Å². The molecule has 0 unspecified atom stereocenters. The Hall–Kier alpha value is -2.66. The molecule has 0 fully saturated rings. The number of carbonyl (C=O) groups excluding carboxylic acids is 1. The van der Waals surface area contributed by atoms with Crippen LogP contribution in [-0.4, -0.2) is 17.3 Å². The van der Waals surface area contributed by atoms with Crippen LogP contribution in [0.15, 0.2) is 81.4 Å². The number of esters is 1. The summed E-state index contributed by atoms with van der Waals surface area (Å²) in [7, 11) is -0.0502. The van der Waals surface area contributed by atoms with E-state index in [1.807, 2.05) is 75.4 Å². The van der Waals surface area contributed by atoms with E-state index in [0.29, 0.717) is 15.4 Å². The summed E-state index contributed by atoms with van der Waals surface area (Å²) >= 11 is 0. The van der Waals surface area contributed by atoms with Crippen molar-refractivity contribution in [2.75, 3.05) is 7.11 Å². The number of methoxy groups -OCH3 is 1. The molecule has 1 aliphatic heterocycles. The highest BCUT2D eigenvalue weighted by Gasteiger charge is 2.36. The topological polar surface area (TPSA) is 55.4 Å². The minimum Gasteiger partial charge on any atom is -0.466 e. The van der Waals surface area contributed by atoms with Gasteiger partial charge in [0.2, 0.25) is 0 Å². The Morgan fingerprint density at radius 1 is 0.963 bits per heavy atom. The Bertz CT molecular complexity index is 943. The number of dihydropyridines is 1. The predicted molar refractivity (Wildman–Crippen MR) is 107 cm³/mol. The van der Waals surface area contributed by atoms with Gasteiger partial charge in [0.1, 0.15) is 0 Å². The van der Waals surface area contributed by atoms with Crippen LogP contribution >= 0.6 is 0 Å². The molecule has 0 bridgehead atoms. The van der Waals surface area contributed by atoms with E-state index in [0.717, 1.165) is 22.5 Å². The number of ether oxygens (including phenoxy) is 1. The number of carbonyl (C=O) groups is 1. The van der Waals surface area contributed by atoms with E-state index in [1.165, 1.54) is 7.11 Å². The molecule has 2 atom stereocenters. The highest BCUT2D eigenvalue weighted by atomic mass is 32.2. The quantitative estimate of drug-likeness (QED) is 0.808. The van der Waals surface area contributed by atoms with Crippen LogP contribution in [-0.2, 0) is 20.3 Å². The van der Waals surface area contributed by atoms with Gasteiger partial charge in [0.15, 0.2) is 0 Å². The van der Waals surface area contributed by atoms with Crippen molar-refractivity contribution in [2.24, 2.45) is 0 Å². The van der Waals surface area contributed by atoms with Crippen molar-refractivity contribution in [1.82, 2.24) is 5.32 Å². The van der Waals surface area contributed by atoms with E-state index < -0.39 is 22.7 Å². The highest BCUT2D eigenvalue weighted by Crippen LogP contribution is 2.41. The summed E-state index contributed by atoms with van der Waals surface area (Å²) in [6.45, 7) is 5.74. The lowest BCUT2D eigenvalue weighted by atomic mass is 9.86. The first-order valence-electron chi connectivity index (χ1n) is 8.74. The van der Waals surface area contributed by atoms with Crippen molar-refractivity contribution in [1.29, 1.82) is 0 Å². The van der Waals surface area contributed by atoms with E-state index in [1.54, 1.807) is 0 Å². The monoisotopic (exact) mass is 381 g/mol. The highest BCUT2D eigenvalue weighted by molar-refractivity contribution is 7.89. The average Bonchev–Trinajstić information content (AvgIpc) is 2.67. The smallest absolute Gasteiger partial charge is 0.336 e. The van der Waals surface area contributed by atoms with Crippen molar-refractivity contribution < 1.29 is 13.7 Å². The average molecular weight is 381 g/mol. The van der Waals surface area contributed by atoms with Crippen molar-refractivity contribution in [3.63, 3.8) is 0 Å². The summed E-state index contributed by atoms with van der Waals surface area (Å²) in [5.74, 6) is -0.846. The number of benzene rings is 2. The maximum Gasteiger partial charge on any atom is 0.336 e. The van der Waals surface area contributed by atoms with Crippen molar-refractivity contribution in [2.45, 2.75) is 31.6 Å². The first-order valence-corrected chi connectivity index (χ1v) is 9.89. The molecule has 0 aliphatic carbocycles. The van der Waals surface area contributed by atoms with Crippen LogP contribution in [0.3, 0.4) is 0 Å². The molecule has 0 amide bonds. The first-order chi connectivity index (χ1) is 12.9. The molecule has 4 nitrogen and oxygen atoms in total. The fourth-order valence-corrected chi connectivity index (χ4v) is 4.79. The lowest BCUT2D eigenvalue weighted by Crippen LogP contribution is -2.30. The lowest BCUT2D eigenvalue weighted by Gasteiger charge is -2.31. The Labute approximate surface area is 162 Å². The van der Waals surface area contributed by atoms with E-state index in [9.17, 15) is 9.00 Å². The summed E-state index contributed by atoms with van der Waals surface area (Å²) in [6, 6.07) is 17.3. The minimum atomic E-state index is -1.42. The SMILES string of the molecule is COC(=O)C1=C(C)NC(C)=C([S@@](=O)c2ccc(C)cc2)[C@H]1c1ccccc1. The zero-order valence-electron chi connectivity index (χ0n) is 15.9. The molecule has 0 spiro atoms. The van der Waals surface area contributed by atoms with E-state index in [2.05, 4.69) is 5.32 Å². The second-order valence-electron chi connectivity index (χ2n) is 6.57. The van der Waals surface area contributed by atoms with E-state index >= 15 is 0 Å². The van der Waals surface area contributed by atoms with Gasteiger partial charge in [-0.1, -0.05) is 48.0 Å². The molecule has 2 aromatic rings. The van der Waals surface area contributed by atoms with E-state index in [4.69, 9.17) is 4.74 Å². The summed E-state index contributed by atoms with van der Waals surface area (Å²) in [6.07, 6.45) is 0. The molecule has 0 aromatic heterocycles. The fourth-order valence-electron chi connectivity index (χ4n) is 3.35. The van der Waals surface area contributed by atoms with Gasteiger partial charge in [0.25, 0.3) is 0 Å². The Kier molecular flexibility index (Phi) is 5.61. The Morgan fingerprint density at radius 3 is 2.19 bits per heavy atom. The number of rotatable bonds is 4. The number of hydrogen-bond donors (Lipinski definition) is 1. The Morgan fingerprint density at radius 2 is 1.59 bits per heavy atom. The van der Waals surface area contributed by atoms with Crippen LogP contribution in [0, 0.1) is 6.92 Å². The molecule has 1 N–H and O–H groups in total. The number of aryl methyl sites for hydroxylation is 1. The third-order valence-electron chi connectivity index (χ3n) is 4.67. The molecular formula is C22H23NO3S. The van der Waals surface area contributed by atoms with Crippen LogP contribution in [0.5, 0.6) is 0 Å². The maximum absolute atomic E-state index is 13.5. The van der Waals surface area contributed by atoms with Gasteiger partial charge in [-0.2, -0.15) is 0 Å². The minimum absolute atomic E-state index is 0.417. The van der Waals surface area contributed by atoms with Crippen LogP contribution in [0.4, 0.5) is 0 Å². The van der Waals surface area contributed by atoms with Crippen molar-refractivity contribution >= 4 is 16.8 Å². The number of hydrogen-bond acceptors (Lipinski definition) is 4. The summed E-state index contributed by atoms with van der Waals surface area (Å²) in [5.41, 5.74) is 4.03. The molecule has 0 saturated carbocycles. The molecule has 0 saturated heterocycles. The largest absolute Gasteiger partial charge is 0.466 e. The van der Waals surface area contributed by atoms with Crippen LogP contribution in [0.25, 0.3) is 0 Å². The molecule has 0 radical (unpaired) electrons. The molecule has 1 heterocycles. The third-order valence-corrected chi connectivity index (χ3v) is 6.31. The molecule has 3 rings (SSSR count). The van der Waals surface area contributed by atoms with Gasteiger partial charge in [-0.05, 0) is 38.5 Å². The molecule has 1 aliphatic rings. The van der Waals surface area contributed by atoms with E-state index in [-0.39, 0.29) is 0 Å². The van der Waals surface area contributed by atoms with Gasteiger partial charge in [0, 0.05) is 16.3 Å². The molecule has 140 valence electrons. The standard InChI is InChI=1S/C22H23NO3S/c1-14-10-12-18(13-11-14)27(25)21-16(3)23-15(2)19(22(24)26-4)20(21)17-8-6-5-7-9-17/h5-13,20,23H,1-4H3/t20-,27-/m0/s1. The second kappa shape index (κ2) is 7.92. The predicted octanol–water partition coefficient (Wildman–Crippen LogP) is 4.17. The molecular weight excluding hydrogens is 358 g/mol. The zero-order chi connectivity index (χ0) is 19.6. The Balaban J connectivity index is 2.17. The summed E-state index contributed by atoms with van der Waals surface area (Å²) in [5, 5.41) is 3.22. The zero-order valence-corrected chi connectivity index (χ0v) is 16.7. The third kappa shape index (κ3) is 3.74. The lowest BCUT2D eigenvalue weighted by molar-refractivity contribution is -0.136. The van der Waals surface area contributed by atoms with Gasteiger partial charge in [-0.25, -0.2) is 9.00 Å².